The summed E-state index contributed by atoms with van der Waals surface area (Å²) in [6, 6.07) is 0. The molecule has 0 heterocycles. The zero-order chi connectivity index (χ0) is 56.2. The third kappa shape index (κ3) is 61.5. The summed E-state index contributed by atoms with van der Waals surface area (Å²) in [5.74, 6) is -1.98. The Hall–Kier alpha value is -1.97. The Bertz CT molecular complexity index is 1270. The fraction of sp³-hybridized carbons (Fsp3) is 0.926. The molecule has 0 bridgehead atoms. The van der Waals surface area contributed by atoms with Crippen LogP contribution < -0.4 is 0 Å². The third-order valence-electron chi connectivity index (χ3n) is 15.5. The number of unbranched alkanes of at least 4 members (excludes halogenated alkanes) is 47. The number of rotatable bonds is 64. The average molecular weight is 1090 g/mol. The molecule has 0 rings (SSSR count). The molecule has 0 saturated heterocycles. The van der Waals surface area contributed by atoms with Crippen molar-refractivity contribution >= 4 is 17.9 Å². The van der Waals surface area contributed by atoms with Crippen LogP contribution in [0.2, 0.25) is 0 Å². The van der Waals surface area contributed by atoms with Crippen molar-refractivity contribution in [3.63, 3.8) is 0 Å². The van der Waals surface area contributed by atoms with E-state index in [-0.39, 0.29) is 38.2 Å². The first-order chi connectivity index (χ1) is 37.6. The number of carboxylic acids is 1. The molecule has 9 heteroatoms. The molecule has 9 nitrogen and oxygen atoms in total. The van der Waals surface area contributed by atoms with Gasteiger partial charge in [-0.15, -0.1) is 0 Å². The number of ether oxygens (including phenoxy) is 4. The number of hydrogen-bond donors (Lipinski definition) is 1. The summed E-state index contributed by atoms with van der Waals surface area (Å²) in [6.45, 7) is 4.93. The van der Waals surface area contributed by atoms with Crippen LogP contribution in [-0.2, 0) is 33.3 Å². The Balaban J connectivity index is 3.88. The van der Waals surface area contributed by atoms with Crippen LogP contribution in [0.25, 0.3) is 0 Å². The van der Waals surface area contributed by atoms with Crippen molar-refractivity contribution in [1.29, 1.82) is 0 Å². The molecule has 0 spiro atoms. The molecule has 0 aliphatic rings. The van der Waals surface area contributed by atoms with Crippen LogP contribution >= 0.6 is 0 Å². The summed E-state index contributed by atoms with van der Waals surface area (Å²) in [7, 11) is 5.98. The molecule has 0 aromatic carbocycles. The van der Waals surface area contributed by atoms with E-state index in [2.05, 4.69) is 26.0 Å². The molecular weight excluding hydrogens is 959 g/mol. The minimum absolute atomic E-state index is 0.173. The highest BCUT2D eigenvalue weighted by molar-refractivity contribution is 5.71. The van der Waals surface area contributed by atoms with Crippen LogP contribution in [0.15, 0.2) is 12.2 Å². The maximum atomic E-state index is 12.9. The van der Waals surface area contributed by atoms with E-state index in [1.807, 2.05) is 21.1 Å². The van der Waals surface area contributed by atoms with Gasteiger partial charge in [-0.25, -0.2) is 4.79 Å². The topological polar surface area (TPSA) is 108 Å². The minimum Gasteiger partial charge on any atom is -0.477 e. The summed E-state index contributed by atoms with van der Waals surface area (Å²) < 4.78 is 22.9. The summed E-state index contributed by atoms with van der Waals surface area (Å²) >= 11 is 0. The zero-order valence-electron chi connectivity index (χ0n) is 52.2. The van der Waals surface area contributed by atoms with Crippen molar-refractivity contribution in [3.8, 4) is 0 Å². The SMILES string of the molecule is CCCCCCCCCC/C=C\CCCCCCCCCCCCCCCCCCCCCCCCCCCCCC(=O)OC(COC(=O)CCCCCCCCCCCCCCC)COC(OCC[N+](C)(C)C)C(=O)O. The van der Waals surface area contributed by atoms with Crippen molar-refractivity contribution in [2.45, 2.75) is 360 Å². The molecule has 0 aromatic heterocycles. The van der Waals surface area contributed by atoms with E-state index in [4.69, 9.17) is 18.9 Å². The van der Waals surface area contributed by atoms with Gasteiger partial charge in [-0.1, -0.05) is 309 Å². The number of allylic oxidation sites excluding steroid dienone is 2. The number of esters is 2. The summed E-state index contributed by atoms with van der Waals surface area (Å²) in [6.07, 6.45) is 69.2. The number of quaternary nitrogens is 1. The molecule has 2 unspecified atom stereocenters. The van der Waals surface area contributed by atoms with Gasteiger partial charge in [-0.05, 0) is 38.5 Å². The monoisotopic (exact) mass is 1090 g/mol. The molecule has 0 radical (unpaired) electrons. The minimum atomic E-state index is -1.50. The molecule has 0 aliphatic carbocycles. The first-order valence-electron chi connectivity index (χ1n) is 33.9. The van der Waals surface area contributed by atoms with Crippen LogP contribution in [0.5, 0.6) is 0 Å². The number of nitrogens with zero attached hydrogens (tertiary/aromatic N) is 1. The molecular formula is C68H132NO8+. The second kappa shape index (κ2) is 60.1. The Morgan fingerprint density at radius 1 is 0.377 bits per heavy atom. The molecule has 0 amide bonds. The van der Waals surface area contributed by atoms with E-state index in [1.54, 1.807) is 0 Å². The molecule has 2 atom stereocenters. The van der Waals surface area contributed by atoms with E-state index >= 15 is 0 Å². The maximum Gasteiger partial charge on any atom is 0.361 e. The highest BCUT2D eigenvalue weighted by Gasteiger charge is 2.25. The van der Waals surface area contributed by atoms with Gasteiger partial charge in [-0.3, -0.25) is 9.59 Å². The number of carbonyl (C=O) groups is 3. The van der Waals surface area contributed by atoms with E-state index in [9.17, 15) is 19.5 Å². The van der Waals surface area contributed by atoms with Gasteiger partial charge in [-0.2, -0.15) is 0 Å². The lowest BCUT2D eigenvalue weighted by atomic mass is 10.0. The quantitative estimate of drug-likeness (QED) is 0.0211. The largest absolute Gasteiger partial charge is 0.477 e. The molecule has 0 aromatic rings. The lowest BCUT2D eigenvalue weighted by molar-refractivity contribution is -0.870. The summed E-state index contributed by atoms with van der Waals surface area (Å²) in [5, 5.41) is 9.70. The predicted molar refractivity (Wildman–Crippen MR) is 328 cm³/mol. The van der Waals surface area contributed by atoms with Crippen molar-refractivity contribution in [2.24, 2.45) is 0 Å². The highest BCUT2D eigenvalue weighted by Crippen LogP contribution is 2.19. The van der Waals surface area contributed by atoms with E-state index < -0.39 is 18.4 Å². The van der Waals surface area contributed by atoms with Crippen molar-refractivity contribution in [1.82, 2.24) is 0 Å². The first kappa shape index (κ1) is 75.0. The van der Waals surface area contributed by atoms with Gasteiger partial charge >= 0.3 is 17.9 Å². The second-order valence-corrected chi connectivity index (χ2v) is 24.5. The molecule has 0 fully saturated rings. The maximum absolute atomic E-state index is 12.9. The van der Waals surface area contributed by atoms with Gasteiger partial charge in [0, 0.05) is 12.8 Å². The number of likely N-dealkylation sites (N-methyl/N-ethyl adjacent to an activating group) is 1. The smallest absolute Gasteiger partial charge is 0.361 e. The predicted octanol–water partition coefficient (Wildman–Crippen LogP) is 20.5. The Morgan fingerprint density at radius 3 is 0.961 bits per heavy atom. The first-order valence-corrected chi connectivity index (χ1v) is 33.9. The average Bonchev–Trinajstić information content (AvgIpc) is 3.40. The number of carbonyl (C=O) groups excluding carboxylic acids is 2. The van der Waals surface area contributed by atoms with E-state index in [0.29, 0.717) is 17.4 Å². The van der Waals surface area contributed by atoms with Crippen LogP contribution in [0, 0.1) is 0 Å². The summed E-state index contributed by atoms with van der Waals surface area (Å²) in [5.41, 5.74) is 0. The lowest BCUT2D eigenvalue weighted by Crippen LogP contribution is -2.40. The van der Waals surface area contributed by atoms with E-state index in [0.717, 1.165) is 38.5 Å². The fourth-order valence-corrected chi connectivity index (χ4v) is 10.3. The van der Waals surface area contributed by atoms with Crippen molar-refractivity contribution < 1.29 is 42.9 Å². The van der Waals surface area contributed by atoms with Crippen molar-refractivity contribution in [3.05, 3.63) is 12.2 Å². The molecule has 77 heavy (non-hydrogen) atoms. The van der Waals surface area contributed by atoms with Gasteiger partial charge in [0.1, 0.15) is 13.2 Å². The van der Waals surface area contributed by atoms with Crippen molar-refractivity contribution in [2.75, 3.05) is 47.5 Å². The fourth-order valence-electron chi connectivity index (χ4n) is 10.3. The third-order valence-corrected chi connectivity index (χ3v) is 15.5. The van der Waals surface area contributed by atoms with Gasteiger partial charge < -0.3 is 28.5 Å². The normalized spacial score (nSPS) is 12.7. The van der Waals surface area contributed by atoms with E-state index in [1.165, 1.54) is 283 Å². The van der Waals surface area contributed by atoms with Gasteiger partial charge in [0.15, 0.2) is 6.10 Å². The van der Waals surface area contributed by atoms with Crippen LogP contribution in [-0.4, -0.2) is 87.4 Å². The molecule has 1 N–H and O–H groups in total. The standard InChI is InChI=1S/C68H131NO8/c1-6-8-10-12-14-16-18-20-21-22-23-24-25-26-27-28-29-30-31-32-33-34-35-36-37-38-39-40-41-42-43-44-45-47-49-51-53-55-57-59-66(71)77-64(63-76-68(67(72)73)74-61-60-69(3,4)5)62-75-65(70)58-56-54-52-50-48-46-19-17-15-13-11-9-7-2/h22-23,64,68H,6-21,24-63H2,1-5H3/p+1/b23-22-. The molecule has 456 valence electrons. The Labute approximate surface area is 478 Å². The van der Waals surface area contributed by atoms with Gasteiger partial charge in [0.25, 0.3) is 6.29 Å². The number of carboxylic acid groups (broad SMARTS) is 1. The highest BCUT2D eigenvalue weighted by atomic mass is 16.7. The second-order valence-electron chi connectivity index (χ2n) is 24.5. The molecule has 0 aliphatic heterocycles. The van der Waals surface area contributed by atoms with Gasteiger partial charge in [0.2, 0.25) is 0 Å². The lowest BCUT2D eigenvalue weighted by Gasteiger charge is -2.25. The van der Waals surface area contributed by atoms with Crippen LogP contribution in [0.1, 0.15) is 348 Å². The van der Waals surface area contributed by atoms with Gasteiger partial charge in [0.05, 0.1) is 34.4 Å². The Kier molecular flexibility index (Phi) is 58.6. The zero-order valence-corrected chi connectivity index (χ0v) is 52.2. The molecule has 0 saturated carbocycles. The summed E-state index contributed by atoms with van der Waals surface area (Å²) in [4.78, 5) is 37.4. The number of aliphatic carboxylic acids is 1. The number of hydrogen-bond acceptors (Lipinski definition) is 7. The van der Waals surface area contributed by atoms with Crippen LogP contribution in [0.3, 0.4) is 0 Å². The van der Waals surface area contributed by atoms with Crippen LogP contribution in [0.4, 0.5) is 0 Å². The Morgan fingerprint density at radius 2 is 0.662 bits per heavy atom.